The molecule has 4 aromatic rings. The maximum absolute atomic E-state index is 5.85. The molecule has 2 aromatic carbocycles. The highest BCUT2D eigenvalue weighted by molar-refractivity contribution is 7.80. The topological polar surface area (TPSA) is 45.1 Å². The van der Waals surface area contributed by atoms with Crippen LogP contribution in [0.25, 0.3) is 5.69 Å². The molecule has 2 atom stereocenters. The summed E-state index contributed by atoms with van der Waals surface area (Å²) in [5, 5.41) is 7.85. The van der Waals surface area contributed by atoms with Gasteiger partial charge in [0.1, 0.15) is 0 Å². The van der Waals surface area contributed by atoms with Gasteiger partial charge in [-0.25, -0.2) is 0 Å². The van der Waals surface area contributed by atoms with E-state index in [2.05, 4.69) is 105 Å². The van der Waals surface area contributed by atoms with Gasteiger partial charge in [-0.15, -0.1) is 0 Å². The number of nitrogens with one attached hydrogen (secondary N) is 2. The lowest BCUT2D eigenvalue weighted by Crippen LogP contribution is -2.32. The van der Waals surface area contributed by atoms with Crippen molar-refractivity contribution in [2.24, 2.45) is 0 Å². The van der Waals surface area contributed by atoms with Crippen LogP contribution in [0, 0.1) is 6.92 Å². The fourth-order valence-electron chi connectivity index (χ4n) is 4.58. The monoisotopic (exact) mass is 467 g/mol. The van der Waals surface area contributed by atoms with Gasteiger partial charge in [0.05, 0.1) is 17.8 Å². The number of anilines is 1. The number of para-hydroxylation sites is 1. The summed E-state index contributed by atoms with van der Waals surface area (Å²) in [6.45, 7) is 3.84. The summed E-state index contributed by atoms with van der Waals surface area (Å²) in [5.74, 6) is 0. The fourth-order valence-corrected chi connectivity index (χ4v) is 4.91. The number of hydrogen-bond acceptors (Lipinski definition) is 3. The zero-order chi connectivity index (χ0) is 23.3. The van der Waals surface area contributed by atoms with Crippen LogP contribution in [0.3, 0.4) is 0 Å². The van der Waals surface area contributed by atoms with Crippen LogP contribution in [0.4, 0.5) is 5.69 Å². The Morgan fingerprint density at radius 2 is 1.74 bits per heavy atom. The lowest BCUT2D eigenvalue weighted by molar-refractivity contribution is 0.307. The van der Waals surface area contributed by atoms with Crippen molar-refractivity contribution in [3.05, 3.63) is 114 Å². The standard InChI is InChI=1S/C28H29N5S/c1-21-13-15-23(16-14-21)32-19-7-12-25(32)27-26(24-11-5-6-17-30-24)31-28(34)33(27)20-8-18-29-22-9-3-2-4-10-22/h2-7,9-17,19,26-27,29H,8,18,20H2,1H3,(H,31,34). The second-order valence-corrected chi connectivity index (χ2v) is 8.99. The zero-order valence-corrected chi connectivity index (χ0v) is 20.1. The molecule has 5 nitrogen and oxygen atoms in total. The molecule has 1 aliphatic rings. The summed E-state index contributed by atoms with van der Waals surface area (Å²) < 4.78 is 2.27. The summed E-state index contributed by atoms with van der Waals surface area (Å²) in [7, 11) is 0. The van der Waals surface area contributed by atoms with E-state index in [1.165, 1.54) is 11.3 Å². The molecule has 2 aromatic heterocycles. The Kier molecular flexibility index (Phi) is 6.58. The van der Waals surface area contributed by atoms with E-state index in [0.29, 0.717) is 0 Å². The van der Waals surface area contributed by atoms with E-state index in [0.717, 1.165) is 41.7 Å². The first-order chi connectivity index (χ1) is 16.7. The van der Waals surface area contributed by atoms with Gasteiger partial charge in [0, 0.05) is 42.6 Å². The van der Waals surface area contributed by atoms with Crippen LogP contribution in [-0.2, 0) is 0 Å². The second kappa shape index (κ2) is 10.1. The van der Waals surface area contributed by atoms with Gasteiger partial charge >= 0.3 is 0 Å². The van der Waals surface area contributed by atoms with Crippen molar-refractivity contribution in [1.29, 1.82) is 0 Å². The maximum atomic E-state index is 5.85. The van der Waals surface area contributed by atoms with Crippen LogP contribution in [0.5, 0.6) is 0 Å². The lowest BCUT2D eigenvalue weighted by Gasteiger charge is -2.29. The Hall–Kier alpha value is -3.64. The SMILES string of the molecule is Cc1ccc(-n2cccc2C2C(c3ccccn3)NC(=S)N2CCCNc2ccccc2)cc1. The molecule has 1 fully saturated rings. The van der Waals surface area contributed by atoms with E-state index in [-0.39, 0.29) is 12.1 Å². The van der Waals surface area contributed by atoms with Gasteiger partial charge in [0.25, 0.3) is 0 Å². The van der Waals surface area contributed by atoms with Gasteiger partial charge < -0.3 is 20.1 Å². The first kappa shape index (κ1) is 22.2. The van der Waals surface area contributed by atoms with Gasteiger partial charge in [-0.05, 0) is 74.1 Å². The third kappa shape index (κ3) is 4.68. The van der Waals surface area contributed by atoms with Crippen molar-refractivity contribution in [3.63, 3.8) is 0 Å². The number of pyridine rings is 1. The molecule has 5 rings (SSSR count). The molecular weight excluding hydrogens is 438 g/mol. The van der Waals surface area contributed by atoms with E-state index in [1.807, 2.05) is 24.4 Å². The van der Waals surface area contributed by atoms with Crippen LogP contribution in [0.15, 0.2) is 97.3 Å². The summed E-state index contributed by atoms with van der Waals surface area (Å²) >= 11 is 5.85. The average molecular weight is 468 g/mol. The smallest absolute Gasteiger partial charge is 0.170 e. The number of rotatable bonds is 8. The number of thiocarbonyl (C=S) groups is 1. The molecule has 34 heavy (non-hydrogen) atoms. The van der Waals surface area contributed by atoms with Crippen molar-refractivity contribution in [2.45, 2.75) is 25.4 Å². The first-order valence-corrected chi connectivity index (χ1v) is 12.1. The van der Waals surface area contributed by atoms with E-state index < -0.39 is 0 Å². The number of nitrogens with zero attached hydrogens (tertiary/aromatic N) is 3. The zero-order valence-electron chi connectivity index (χ0n) is 19.3. The highest BCUT2D eigenvalue weighted by Crippen LogP contribution is 2.39. The highest BCUT2D eigenvalue weighted by Gasteiger charge is 2.40. The van der Waals surface area contributed by atoms with Gasteiger partial charge in [-0.1, -0.05) is 42.0 Å². The van der Waals surface area contributed by atoms with Crippen LogP contribution >= 0.6 is 12.2 Å². The predicted octanol–water partition coefficient (Wildman–Crippen LogP) is 5.66. The first-order valence-electron chi connectivity index (χ1n) is 11.7. The quantitative estimate of drug-likeness (QED) is 0.259. The van der Waals surface area contributed by atoms with E-state index in [9.17, 15) is 0 Å². The molecule has 0 spiro atoms. The van der Waals surface area contributed by atoms with Crippen molar-refractivity contribution < 1.29 is 0 Å². The van der Waals surface area contributed by atoms with Crippen LogP contribution in [-0.4, -0.2) is 32.7 Å². The van der Waals surface area contributed by atoms with Crippen molar-refractivity contribution >= 4 is 23.0 Å². The summed E-state index contributed by atoms with van der Waals surface area (Å²) in [4.78, 5) is 6.99. The molecule has 1 saturated heterocycles. The maximum Gasteiger partial charge on any atom is 0.170 e. The molecule has 0 radical (unpaired) electrons. The Morgan fingerprint density at radius 3 is 2.50 bits per heavy atom. The molecular formula is C28H29N5S. The Balaban J connectivity index is 1.42. The van der Waals surface area contributed by atoms with Gasteiger partial charge in [0.15, 0.2) is 5.11 Å². The van der Waals surface area contributed by atoms with Crippen molar-refractivity contribution in [2.75, 3.05) is 18.4 Å². The van der Waals surface area contributed by atoms with Crippen LogP contribution in [0.2, 0.25) is 0 Å². The fraction of sp³-hybridized carbons (Fsp3) is 0.214. The third-order valence-corrected chi connectivity index (χ3v) is 6.62. The molecule has 172 valence electrons. The van der Waals surface area contributed by atoms with Crippen LogP contribution in [0.1, 0.15) is 35.5 Å². The molecule has 6 heteroatoms. The molecule has 0 saturated carbocycles. The summed E-state index contributed by atoms with van der Waals surface area (Å²) in [6, 6.07) is 29.4. The number of benzene rings is 2. The van der Waals surface area contributed by atoms with Crippen LogP contribution < -0.4 is 10.6 Å². The molecule has 2 unspecified atom stereocenters. The highest BCUT2D eigenvalue weighted by atomic mass is 32.1. The minimum atomic E-state index is -0.0186. The number of hydrogen-bond donors (Lipinski definition) is 2. The van der Waals surface area contributed by atoms with E-state index in [4.69, 9.17) is 12.2 Å². The molecule has 0 amide bonds. The molecule has 3 heterocycles. The van der Waals surface area contributed by atoms with Gasteiger partial charge in [0.2, 0.25) is 0 Å². The van der Waals surface area contributed by atoms with Crippen molar-refractivity contribution in [1.82, 2.24) is 19.8 Å². The average Bonchev–Trinajstić information content (AvgIpc) is 3.48. The molecule has 0 aliphatic carbocycles. The Morgan fingerprint density at radius 1 is 0.941 bits per heavy atom. The van der Waals surface area contributed by atoms with Gasteiger partial charge in [-0.3, -0.25) is 4.98 Å². The predicted molar refractivity (Wildman–Crippen MR) is 142 cm³/mol. The minimum Gasteiger partial charge on any atom is -0.385 e. The Bertz CT molecular complexity index is 1220. The summed E-state index contributed by atoms with van der Waals surface area (Å²) in [5.41, 5.74) is 5.73. The lowest BCUT2D eigenvalue weighted by atomic mass is 10.0. The third-order valence-electron chi connectivity index (χ3n) is 6.27. The molecule has 2 N–H and O–H groups in total. The second-order valence-electron chi connectivity index (χ2n) is 8.60. The number of aromatic nitrogens is 2. The molecule has 1 aliphatic heterocycles. The minimum absolute atomic E-state index is 0.0186. The Labute approximate surface area is 206 Å². The molecule has 0 bridgehead atoms. The normalized spacial score (nSPS) is 17.6. The number of aryl methyl sites for hydroxylation is 1. The summed E-state index contributed by atoms with van der Waals surface area (Å²) in [6.07, 6.45) is 4.95. The van der Waals surface area contributed by atoms with E-state index >= 15 is 0 Å². The van der Waals surface area contributed by atoms with Crippen molar-refractivity contribution in [3.8, 4) is 5.69 Å². The largest absolute Gasteiger partial charge is 0.385 e. The van der Waals surface area contributed by atoms with E-state index in [1.54, 1.807) is 0 Å². The van der Waals surface area contributed by atoms with Gasteiger partial charge in [-0.2, -0.15) is 0 Å².